The van der Waals surface area contributed by atoms with Crippen LogP contribution in [0.5, 0.6) is 0 Å². The number of hydrogen-bond acceptors (Lipinski definition) is 5. The van der Waals surface area contributed by atoms with Crippen molar-refractivity contribution in [2.24, 2.45) is 11.8 Å². The molecule has 0 spiro atoms. The minimum absolute atomic E-state index is 0.323. The number of aliphatic hydroxyl groups is 1. The van der Waals surface area contributed by atoms with E-state index in [0.717, 1.165) is 0 Å². The number of ketones is 1. The van der Waals surface area contributed by atoms with Crippen LogP contribution in [-0.2, 0) is 14.4 Å². The van der Waals surface area contributed by atoms with Crippen LogP contribution >= 0.6 is 0 Å². The number of carbonyl (C=O) groups excluding carboxylic acids is 3. The van der Waals surface area contributed by atoms with E-state index in [9.17, 15) is 19.5 Å². The lowest BCUT2D eigenvalue weighted by molar-refractivity contribution is -0.151. The van der Waals surface area contributed by atoms with Gasteiger partial charge in [0.15, 0.2) is 0 Å². The monoisotopic (exact) mass is 443 g/mol. The van der Waals surface area contributed by atoms with Crippen molar-refractivity contribution in [3.05, 3.63) is 90.8 Å². The summed E-state index contributed by atoms with van der Waals surface area (Å²) in [6.07, 6.45) is 1.22. The molecule has 7 heteroatoms. The largest absolute Gasteiger partial charge is 0.389 e. The van der Waals surface area contributed by atoms with Crippen molar-refractivity contribution in [2.75, 3.05) is 10.6 Å². The third kappa shape index (κ3) is 4.83. The number of Topliss-reactive ketones (excluding diaryl/α,β-unsaturated/α-hetero) is 1. The lowest BCUT2D eigenvalue weighted by Crippen LogP contribution is -2.56. The van der Waals surface area contributed by atoms with Gasteiger partial charge >= 0.3 is 0 Å². The first-order valence-electron chi connectivity index (χ1n) is 10.7. The molecule has 0 aliphatic heterocycles. The highest BCUT2D eigenvalue weighted by Gasteiger charge is 2.56. The average molecular weight is 444 g/mol. The van der Waals surface area contributed by atoms with Crippen LogP contribution in [0.1, 0.15) is 25.0 Å². The van der Waals surface area contributed by atoms with Crippen LogP contribution in [0.15, 0.2) is 85.1 Å². The second-order valence-corrected chi connectivity index (χ2v) is 8.45. The minimum atomic E-state index is -1.67. The van der Waals surface area contributed by atoms with Crippen LogP contribution in [0.4, 0.5) is 11.4 Å². The van der Waals surface area contributed by atoms with E-state index < -0.39 is 41.0 Å². The number of aromatic nitrogens is 1. The van der Waals surface area contributed by atoms with Crippen LogP contribution in [0.2, 0.25) is 0 Å². The van der Waals surface area contributed by atoms with Gasteiger partial charge in [-0.1, -0.05) is 42.5 Å². The zero-order valence-electron chi connectivity index (χ0n) is 18.1. The Morgan fingerprint density at radius 2 is 1.42 bits per heavy atom. The van der Waals surface area contributed by atoms with E-state index >= 15 is 0 Å². The molecule has 4 atom stereocenters. The maximum absolute atomic E-state index is 13.5. The van der Waals surface area contributed by atoms with E-state index in [1.807, 2.05) is 12.1 Å². The molecule has 0 radical (unpaired) electrons. The minimum Gasteiger partial charge on any atom is -0.389 e. The molecular weight excluding hydrogens is 418 g/mol. The van der Waals surface area contributed by atoms with Crippen molar-refractivity contribution in [2.45, 2.75) is 24.9 Å². The average Bonchev–Trinajstić information content (AvgIpc) is 2.79. The summed E-state index contributed by atoms with van der Waals surface area (Å²) in [4.78, 5) is 44.3. The highest BCUT2D eigenvalue weighted by atomic mass is 16.3. The zero-order valence-corrected chi connectivity index (χ0v) is 18.1. The summed E-state index contributed by atoms with van der Waals surface area (Å²) in [7, 11) is 0. The number of nitrogens with one attached hydrogen (secondary N) is 2. The molecule has 7 nitrogen and oxygen atoms in total. The van der Waals surface area contributed by atoms with Crippen molar-refractivity contribution in [1.82, 2.24) is 4.98 Å². The van der Waals surface area contributed by atoms with Crippen molar-refractivity contribution in [1.29, 1.82) is 0 Å². The van der Waals surface area contributed by atoms with E-state index in [1.165, 1.54) is 6.92 Å². The van der Waals surface area contributed by atoms with Gasteiger partial charge in [0.05, 0.1) is 11.5 Å². The number of amides is 2. The summed E-state index contributed by atoms with van der Waals surface area (Å²) < 4.78 is 0. The predicted molar refractivity (Wildman–Crippen MR) is 124 cm³/mol. The molecule has 1 aromatic heterocycles. The highest BCUT2D eigenvalue weighted by molar-refractivity contribution is 6.10. The summed E-state index contributed by atoms with van der Waals surface area (Å²) in [5, 5.41) is 16.8. The summed E-state index contributed by atoms with van der Waals surface area (Å²) in [5.41, 5.74) is -0.174. The molecule has 1 fully saturated rings. The maximum Gasteiger partial charge on any atom is 0.235 e. The Hall–Kier alpha value is -3.84. The molecule has 2 aromatic carbocycles. The molecule has 1 aliphatic rings. The first kappa shape index (κ1) is 22.4. The fraction of sp³-hybridized carbons (Fsp3) is 0.231. The van der Waals surface area contributed by atoms with Gasteiger partial charge in [-0.05, 0) is 43.3 Å². The molecule has 4 unspecified atom stereocenters. The van der Waals surface area contributed by atoms with Crippen LogP contribution in [0.25, 0.3) is 0 Å². The number of hydrogen-bond donors (Lipinski definition) is 3. The Morgan fingerprint density at radius 3 is 1.97 bits per heavy atom. The molecular formula is C26H25N3O4. The fourth-order valence-corrected chi connectivity index (χ4v) is 4.50. The van der Waals surface area contributed by atoms with Gasteiger partial charge in [-0.3, -0.25) is 19.4 Å². The Balaban J connectivity index is 1.74. The Kier molecular flexibility index (Phi) is 6.33. The Bertz CT molecular complexity index is 1130. The molecule has 0 saturated heterocycles. The lowest BCUT2D eigenvalue weighted by Gasteiger charge is -2.44. The smallest absolute Gasteiger partial charge is 0.235 e. The number of nitrogens with zero attached hydrogens (tertiary/aromatic N) is 1. The Morgan fingerprint density at radius 1 is 0.879 bits per heavy atom. The zero-order chi connectivity index (χ0) is 23.4. The number of carbonyl (C=O) groups is 3. The summed E-state index contributed by atoms with van der Waals surface area (Å²) in [5.74, 6) is -4.67. The number of anilines is 2. The normalized spacial score (nSPS) is 24.7. The van der Waals surface area contributed by atoms with E-state index in [2.05, 4.69) is 15.6 Å². The van der Waals surface area contributed by atoms with Gasteiger partial charge in [-0.15, -0.1) is 0 Å². The van der Waals surface area contributed by atoms with Gasteiger partial charge in [0.1, 0.15) is 11.7 Å². The van der Waals surface area contributed by atoms with Gasteiger partial charge < -0.3 is 15.7 Å². The maximum atomic E-state index is 13.5. The molecule has 0 bridgehead atoms. The first-order valence-corrected chi connectivity index (χ1v) is 10.7. The highest BCUT2D eigenvalue weighted by Crippen LogP contribution is 2.46. The quantitative estimate of drug-likeness (QED) is 0.524. The van der Waals surface area contributed by atoms with Crippen LogP contribution < -0.4 is 10.6 Å². The van der Waals surface area contributed by atoms with Gasteiger partial charge in [0.25, 0.3) is 0 Å². The van der Waals surface area contributed by atoms with Crippen molar-refractivity contribution in [3.63, 3.8) is 0 Å². The Labute approximate surface area is 191 Å². The van der Waals surface area contributed by atoms with Crippen LogP contribution in [0, 0.1) is 11.8 Å². The van der Waals surface area contributed by atoms with E-state index in [1.54, 1.807) is 72.9 Å². The summed E-state index contributed by atoms with van der Waals surface area (Å²) in [6.45, 7) is 1.46. The molecule has 3 aromatic rings. The second-order valence-electron chi connectivity index (χ2n) is 8.45. The summed E-state index contributed by atoms with van der Waals surface area (Å²) in [6, 6.07) is 22.8. The molecule has 2 amide bonds. The standard InChI is InChI=1S/C26H25N3O4/c1-26(33)16-20(30)22(24(31)28-17-10-4-2-5-11-17)21(19-14-8-9-15-27-19)23(26)25(32)29-18-12-6-3-7-13-18/h2-15,21-23,33H,16H2,1H3,(H,28,31)(H,29,32). The number of para-hydroxylation sites is 2. The van der Waals surface area contributed by atoms with Crippen molar-refractivity contribution in [3.8, 4) is 0 Å². The fourth-order valence-electron chi connectivity index (χ4n) is 4.50. The molecule has 168 valence electrons. The number of rotatable bonds is 5. The molecule has 33 heavy (non-hydrogen) atoms. The lowest BCUT2D eigenvalue weighted by atomic mass is 9.62. The molecule has 1 aliphatic carbocycles. The van der Waals surface area contributed by atoms with Gasteiger partial charge in [0.2, 0.25) is 11.8 Å². The molecule has 3 N–H and O–H groups in total. The van der Waals surface area contributed by atoms with Gasteiger partial charge in [-0.2, -0.15) is 0 Å². The van der Waals surface area contributed by atoms with Gasteiger partial charge in [0, 0.05) is 35.6 Å². The van der Waals surface area contributed by atoms with Crippen LogP contribution in [-0.4, -0.2) is 33.3 Å². The molecule has 1 saturated carbocycles. The predicted octanol–water partition coefficient (Wildman–Crippen LogP) is 3.40. The number of benzene rings is 2. The second kappa shape index (κ2) is 9.34. The SMILES string of the molecule is CC1(O)CC(=O)C(C(=O)Nc2ccccc2)C(c2ccccn2)C1C(=O)Nc1ccccc1. The van der Waals surface area contributed by atoms with E-state index in [4.69, 9.17) is 0 Å². The van der Waals surface area contributed by atoms with Crippen molar-refractivity contribution >= 4 is 29.0 Å². The number of pyridine rings is 1. The first-order chi connectivity index (χ1) is 15.9. The van der Waals surface area contributed by atoms with E-state index in [0.29, 0.717) is 17.1 Å². The topological polar surface area (TPSA) is 108 Å². The third-order valence-electron chi connectivity index (χ3n) is 5.94. The van der Waals surface area contributed by atoms with Crippen molar-refractivity contribution < 1.29 is 19.5 Å². The van der Waals surface area contributed by atoms with Crippen LogP contribution in [0.3, 0.4) is 0 Å². The summed E-state index contributed by atoms with van der Waals surface area (Å²) >= 11 is 0. The van der Waals surface area contributed by atoms with Gasteiger partial charge in [-0.25, -0.2) is 0 Å². The van der Waals surface area contributed by atoms with E-state index in [-0.39, 0.29) is 6.42 Å². The molecule has 4 rings (SSSR count). The molecule has 1 heterocycles. The third-order valence-corrected chi connectivity index (χ3v) is 5.94.